The lowest BCUT2D eigenvalue weighted by molar-refractivity contribution is -0.121. The lowest BCUT2D eigenvalue weighted by atomic mass is 10.2. The minimum absolute atomic E-state index is 0.0378. The number of rotatable bonds is 5. The molecule has 0 aliphatic carbocycles. The molecule has 102 valence electrons. The Hall–Kier alpha value is -1.82. The number of hydrogen-bond donors (Lipinski definition) is 3. The molecule has 5 nitrogen and oxygen atoms in total. The van der Waals surface area contributed by atoms with Gasteiger partial charge in [-0.3, -0.25) is 4.79 Å². The Morgan fingerprint density at radius 3 is 3.00 bits per heavy atom. The van der Waals surface area contributed by atoms with Gasteiger partial charge in [-0.25, -0.2) is 4.98 Å². The number of nitrogens with two attached hydrogens (primary N) is 1. The second-order valence-corrected chi connectivity index (χ2v) is 5.51. The van der Waals surface area contributed by atoms with E-state index in [-0.39, 0.29) is 11.9 Å². The third-order valence-corrected chi connectivity index (χ3v) is 3.45. The lowest BCUT2D eigenvalue weighted by Crippen LogP contribution is -2.31. The summed E-state index contributed by atoms with van der Waals surface area (Å²) in [6.07, 6.45) is 0.423. The van der Waals surface area contributed by atoms with E-state index >= 15 is 0 Å². The van der Waals surface area contributed by atoms with E-state index in [4.69, 9.17) is 5.73 Å². The van der Waals surface area contributed by atoms with Crippen LogP contribution in [0.3, 0.4) is 0 Å². The van der Waals surface area contributed by atoms with Crippen LogP contribution in [0.4, 0.5) is 11.4 Å². The molecule has 1 aromatic heterocycles. The third kappa shape index (κ3) is 3.35. The van der Waals surface area contributed by atoms with Gasteiger partial charge in [0.25, 0.3) is 0 Å². The molecule has 0 fully saturated rings. The summed E-state index contributed by atoms with van der Waals surface area (Å²) in [7, 11) is 0. The Morgan fingerprint density at radius 2 is 2.26 bits per heavy atom. The van der Waals surface area contributed by atoms with Crippen LogP contribution in [0.1, 0.15) is 20.3 Å². The first-order chi connectivity index (χ1) is 9.08. The molecule has 6 heteroatoms. The van der Waals surface area contributed by atoms with Crippen LogP contribution in [0, 0.1) is 0 Å². The van der Waals surface area contributed by atoms with E-state index in [9.17, 15) is 4.79 Å². The van der Waals surface area contributed by atoms with Crippen molar-refractivity contribution in [3.8, 4) is 0 Å². The maximum Gasteiger partial charge on any atom is 0.221 e. The van der Waals surface area contributed by atoms with Crippen molar-refractivity contribution in [1.29, 1.82) is 0 Å². The van der Waals surface area contributed by atoms with Crippen molar-refractivity contribution >= 4 is 38.8 Å². The maximum atomic E-state index is 11.5. The van der Waals surface area contributed by atoms with Crippen LogP contribution in [0.5, 0.6) is 0 Å². The van der Waals surface area contributed by atoms with Crippen LogP contribution in [0.15, 0.2) is 17.6 Å². The highest BCUT2D eigenvalue weighted by Crippen LogP contribution is 2.29. The zero-order valence-corrected chi connectivity index (χ0v) is 11.9. The second kappa shape index (κ2) is 5.88. The number of carbonyl (C=O) groups is 1. The van der Waals surface area contributed by atoms with E-state index in [1.165, 1.54) is 0 Å². The predicted octanol–water partition coefficient (Wildman–Crippen LogP) is 2.21. The molecule has 0 saturated heterocycles. The Balaban J connectivity index is 1.94. The fourth-order valence-corrected chi connectivity index (χ4v) is 2.50. The Kier molecular flexibility index (Phi) is 4.21. The summed E-state index contributed by atoms with van der Waals surface area (Å²) in [6, 6.07) is 4.08. The predicted molar refractivity (Wildman–Crippen MR) is 80.4 cm³/mol. The van der Waals surface area contributed by atoms with Crippen molar-refractivity contribution in [3.63, 3.8) is 0 Å². The first-order valence-corrected chi connectivity index (χ1v) is 7.11. The quantitative estimate of drug-likeness (QED) is 0.733. The summed E-state index contributed by atoms with van der Waals surface area (Å²) in [4.78, 5) is 15.7. The SMILES string of the molecule is CC(C)NC(=O)CCNc1ccc2scnc2c1N. The molecular weight excluding hydrogens is 260 g/mol. The van der Waals surface area contributed by atoms with Gasteiger partial charge in [0, 0.05) is 19.0 Å². The number of nitrogens with one attached hydrogen (secondary N) is 2. The number of amides is 1. The first kappa shape index (κ1) is 13.6. The molecule has 19 heavy (non-hydrogen) atoms. The molecule has 0 saturated carbocycles. The monoisotopic (exact) mass is 278 g/mol. The number of benzene rings is 1. The summed E-state index contributed by atoms with van der Waals surface area (Å²) in [5, 5.41) is 6.03. The molecule has 4 N–H and O–H groups in total. The van der Waals surface area contributed by atoms with Crippen LogP contribution < -0.4 is 16.4 Å². The Morgan fingerprint density at radius 1 is 1.47 bits per heavy atom. The van der Waals surface area contributed by atoms with Gasteiger partial charge in [0.1, 0.15) is 5.52 Å². The molecule has 0 aliphatic rings. The largest absolute Gasteiger partial charge is 0.395 e. The van der Waals surface area contributed by atoms with E-state index < -0.39 is 0 Å². The minimum atomic E-state index is 0.0378. The number of anilines is 2. The molecule has 0 unspecified atom stereocenters. The number of fused-ring (bicyclic) bond motifs is 1. The summed E-state index contributed by atoms with van der Waals surface area (Å²) >= 11 is 1.56. The normalized spacial score (nSPS) is 10.9. The van der Waals surface area contributed by atoms with Crippen molar-refractivity contribution in [1.82, 2.24) is 10.3 Å². The van der Waals surface area contributed by atoms with Crippen molar-refractivity contribution in [3.05, 3.63) is 17.6 Å². The molecule has 2 rings (SSSR count). The zero-order chi connectivity index (χ0) is 13.8. The molecule has 1 amide bonds. The molecule has 0 radical (unpaired) electrons. The average molecular weight is 278 g/mol. The van der Waals surface area contributed by atoms with Gasteiger partial charge in [-0.05, 0) is 26.0 Å². The van der Waals surface area contributed by atoms with Gasteiger partial charge in [0.15, 0.2) is 0 Å². The van der Waals surface area contributed by atoms with Crippen molar-refractivity contribution in [2.45, 2.75) is 26.3 Å². The highest BCUT2D eigenvalue weighted by molar-refractivity contribution is 7.16. The van der Waals surface area contributed by atoms with E-state index in [1.54, 1.807) is 16.8 Å². The number of carbonyl (C=O) groups excluding carboxylic acids is 1. The van der Waals surface area contributed by atoms with E-state index in [1.807, 2.05) is 26.0 Å². The third-order valence-electron chi connectivity index (χ3n) is 2.66. The molecule has 1 aromatic carbocycles. The van der Waals surface area contributed by atoms with Crippen molar-refractivity contribution in [2.75, 3.05) is 17.6 Å². The Labute approximate surface area is 116 Å². The number of nitrogens with zero attached hydrogens (tertiary/aromatic N) is 1. The number of nitrogen functional groups attached to an aromatic ring is 1. The number of hydrogen-bond acceptors (Lipinski definition) is 5. The van der Waals surface area contributed by atoms with E-state index in [0.29, 0.717) is 18.7 Å². The second-order valence-electron chi connectivity index (χ2n) is 4.62. The van der Waals surface area contributed by atoms with Crippen molar-refractivity contribution in [2.24, 2.45) is 0 Å². The maximum absolute atomic E-state index is 11.5. The zero-order valence-electron chi connectivity index (χ0n) is 11.1. The molecule has 0 aliphatic heterocycles. The standard InChI is InChI=1S/C13H18N4OS/c1-8(2)17-11(18)5-6-15-9-3-4-10-13(12(9)14)16-7-19-10/h3-4,7-8,15H,5-6,14H2,1-2H3,(H,17,18). The highest BCUT2D eigenvalue weighted by Gasteiger charge is 2.07. The lowest BCUT2D eigenvalue weighted by Gasteiger charge is -2.11. The van der Waals surface area contributed by atoms with Crippen LogP contribution in [-0.4, -0.2) is 23.5 Å². The van der Waals surface area contributed by atoms with Crippen LogP contribution >= 0.6 is 11.3 Å². The van der Waals surface area contributed by atoms with Crippen molar-refractivity contribution < 1.29 is 4.79 Å². The van der Waals surface area contributed by atoms with Crippen LogP contribution in [0.2, 0.25) is 0 Å². The summed E-state index contributed by atoms with van der Waals surface area (Å²) in [6.45, 7) is 4.44. The summed E-state index contributed by atoms with van der Waals surface area (Å²) in [5.74, 6) is 0.0378. The Bertz CT molecular complexity index is 579. The van der Waals surface area contributed by atoms with E-state index in [0.717, 1.165) is 15.9 Å². The van der Waals surface area contributed by atoms with E-state index in [2.05, 4.69) is 15.6 Å². The van der Waals surface area contributed by atoms with Crippen LogP contribution in [-0.2, 0) is 4.79 Å². The van der Waals surface area contributed by atoms with Gasteiger partial charge in [-0.15, -0.1) is 11.3 Å². The topological polar surface area (TPSA) is 80.0 Å². The highest BCUT2D eigenvalue weighted by atomic mass is 32.1. The smallest absolute Gasteiger partial charge is 0.221 e. The minimum Gasteiger partial charge on any atom is -0.395 e. The fraction of sp³-hybridized carbons (Fsp3) is 0.385. The van der Waals surface area contributed by atoms with Crippen LogP contribution in [0.25, 0.3) is 10.2 Å². The number of thiazole rings is 1. The summed E-state index contributed by atoms with van der Waals surface area (Å²) < 4.78 is 1.07. The molecule has 1 heterocycles. The number of aromatic nitrogens is 1. The van der Waals surface area contributed by atoms with Gasteiger partial charge < -0.3 is 16.4 Å². The molecular formula is C13H18N4OS. The van der Waals surface area contributed by atoms with Gasteiger partial charge in [0.05, 0.1) is 21.6 Å². The van der Waals surface area contributed by atoms with Gasteiger partial charge in [-0.2, -0.15) is 0 Å². The van der Waals surface area contributed by atoms with Gasteiger partial charge in [-0.1, -0.05) is 0 Å². The molecule has 0 spiro atoms. The first-order valence-electron chi connectivity index (χ1n) is 6.23. The average Bonchev–Trinajstić information content (AvgIpc) is 2.80. The summed E-state index contributed by atoms with van der Waals surface area (Å²) in [5.41, 5.74) is 10.1. The molecule has 0 atom stereocenters. The van der Waals surface area contributed by atoms with Gasteiger partial charge >= 0.3 is 0 Å². The van der Waals surface area contributed by atoms with Gasteiger partial charge in [0.2, 0.25) is 5.91 Å². The fourth-order valence-electron chi connectivity index (χ4n) is 1.81. The molecule has 2 aromatic rings. The molecule has 0 bridgehead atoms.